The van der Waals surface area contributed by atoms with E-state index in [2.05, 4.69) is 0 Å². The molecule has 8 heteroatoms. The molecule has 0 spiro atoms. The first-order chi connectivity index (χ1) is 9.47. The molecule has 0 bridgehead atoms. The maximum Gasteiger partial charge on any atom is 0.277 e. The first kappa shape index (κ1) is 13.7. The quantitative estimate of drug-likeness (QED) is 0.597. The van der Waals surface area contributed by atoms with Crippen LogP contribution in [0.3, 0.4) is 0 Å². The highest BCUT2D eigenvalue weighted by Crippen LogP contribution is 2.23. The summed E-state index contributed by atoms with van der Waals surface area (Å²) < 4.78 is 0.967. The topological polar surface area (TPSA) is 128 Å². The van der Waals surface area contributed by atoms with Crippen molar-refractivity contribution in [3.63, 3.8) is 0 Å². The average Bonchev–Trinajstić information content (AvgIpc) is 2.41. The predicted octanol–water partition coefficient (Wildman–Crippen LogP) is -0.0716. The van der Waals surface area contributed by atoms with Gasteiger partial charge in [-0.15, -0.1) is 0 Å². The smallest absolute Gasteiger partial charge is 0.277 e. The third kappa shape index (κ3) is 2.12. The molecule has 2 rings (SSSR count). The minimum Gasteiger partial charge on any atom is -0.394 e. The molecule has 0 aliphatic carbocycles. The van der Waals surface area contributed by atoms with E-state index in [4.69, 9.17) is 10.8 Å². The Hall–Kier alpha value is -2.74. The summed E-state index contributed by atoms with van der Waals surface area (Å²) in [5, 5.41) is 20.3. The summed E-state index contributed by atoms with van der Waals surface area (Å²) in [6.07, 6.45) is 1.21. The number of nitro benzene ring substituents is 1. The largest absolute Gasteiger partial charge is 0.394 e. The second kappa shape index (κ2) is 5.10. The number of nitrogens with zero attached hydrogens (tertiary/aromatic N) is 2. The summed E-state index contributed by atoms with van der Waals surface area (Å²) in [7, 11) is 0. The summed E-state index contributed by atoms with van der Waals surface area (Å²) >= 11 is 0. The molecule has 0 unspecified atom stereocenters. The highest BCUT2D eigenvalue weighted by atomic mass is 16.6. The molecule has 0 saturated heterocycles. The Balaban J connectivity index is 2.76. The molecule has 0 aliphatic heterocycles. The van der Waals surface area contributed by atoms with Crippen molar-refractivity contribution in [2.45, 2.75) is 6.04 Å². The van der Waals surface area contributed by atoms with E-state index in [0.717, 1.165) is 4.57 Å². The van der Waals surface area contributed by atoms with Gasteiger partial charge in [-0.2, -0.15) is 0 Å². The summed E-state index contributed by atoms with van der Waals surface area (Å²) in [4.78, 5) is 33.7. The summed E-state index contributed by atoms with van der Waals surface area (Å²) in [6, 6.07) is 4.22. The van der Waals surface area contributed by atoms with Gasteiger partial charge in [-0.25, -0.2) is 0 Å². The van der Waals surface area contributed by atoms with E-state index >= 15 is 0 Å². The van der Waals surface area contributed by atoms with Gasteiger partial charge in [0, 0.05) is 12.3 Å². The molecule has 1 atom stereocenters. The van der Waals surface area contributed by atoms with E-state index in [0.29, 0.717) is 0 Å². The molecule has 2 aromatic rings. The molecular formula is C12H11N3O5. The van der Waals surface area contributed by atoms with Gasteiger partial charge >= 0.3 is 0 Å². The number of nitrogens with two attached hydrogens (primary N) is 1. The first-order valence-electron chi connectivity index (χ1n) is 5.65. The second-order valence-corrected chi connectivity index (χ2v) is 4.12. The summed E-state index contributed by atoms with van der Waals surface area (Å²) in [6.45, 7) is -0.629. The number of rotatable bonds is 4. The number of aliphatic hydroxyl groups is 1. The van der Waals surface area contributed by atoms with Gasteiger partial charge in [-0.05, 0) is 12.1 Å². The Morgan fingerprint density at radius 3 is 2.65 bits per heavy atom. The maximum absolute atomic E-state index is 12.2. The van der Waals surface area contributed by atoms with Crippen molar-refractivity contribution in [3.8, 4) is 0 Å². The fourth-order valence-electron chi connectivity index (χ4n) is 2.00. The van der Waals surface area contributed by atoms with Gasteiger partial charge in [-0.1, -0.05) is 6.07 Å². The van der Waals surface area contributed by atoms with Crippen molar-refractivity contribution in [2.24, 2.45) is 5.73 Å². The van der Waals surface area contributed by atoms with Crippen LogP contribution in [0, 0.1) is 10.1 Å². The van der Waals surface area contributed by atoms with Gasteiger partial charge in [-0.3, -0.25) is 19.7 Å². The number of nitro groups is 1. The lowest BCUT2D eigenvalue weighted by molar-refractivity contribution is -0.383. The monoisotopic (exact) mass is 277 g/mol. The Labute approximate surface area is 112 Å². The van der Waals surface area contributed by atoms with Crippen LogP contribution in [0.5, 0.6) is 0 Å². The third-order valence-electron chi connectivity index (χ3n) is 2.98. The molecule has 0 saturated carbocycles. The molecule has 8 nitrogen and oxygen atoms in total. The molecule has 1 aromatic heterocycles. The van der Waals surface area contributed by atoms with E-state index in [-0.39, 0.29) is 16.5 Å². The molecule has 0 radical (unpaired) electrons. The van der Waals surface area contributed by atoms with Gasteiger partial charge < -0.3 is 15.4 Å². The zero-order chi connectivity index (χ0) is 14.9. The van der Waals surface area contributed by atoms with Crippen molar-refractivity contribution in [1.82, 2.24) is 4.57 Å². The van der Waals surface area contributed by atoms with Crippen LogP contribution in [0.4, 0.5) is 5.69 Å². The van der Waals surface area contributed by atoms with Crippen molar-refractivity contribution in [1.29, 1.82) is 0 Å². The standard InChI is InChI=1S/C12H11N3O5/c13-11(17)10(6-16)14-5-4-7-8(12(14)18)2-1-3-9(7)15(19)20/h1-5,10,16H,6H2,(H2,13,17)/t10-/m0/s1. The molecule has 1 heterocycles. The van der Waals surface area contributed by atoms with Crippen LogP contribution in [0.1, 0.15) is 6.04 Å². The fourth-order valence-corrected chi connectivity index (χ4v) is 2.00. The maximum atomic E-state index is 12.2. The number of hydrogen-bond acceptors (Lipinski definition) is 5. The molecular weight excluding hydrogens is 266 g/mol. The molecule has 1 amide bonds. The molecule has 0 fully saturated rings. The number of benzene rings is 1. The molecule has 104 valence electrons. The highest BCUT2D eigenvalue weighted by molar-refractivity contribution is 5.90. The van der Waals surface area contributed by atoms with Crippen molar-refractivity contribution in [2.75, 3.05) is 6.61 Å². The van der Waals surface area contributed by atoms with E-state index in [9.17, 15) is 19.7 Å². The van der Waals surface area contributed by atoms with E-state index in [1.165, 1.54) is 30.5 Å². The van der Waals surface area contributed by atoms with Crippen molar-refractivity contribution >= 4 is 22.4 Å². The lowest BCUT2D eigenvalue weighted by Gasteiger charge is -2.14. The van der Waals surface area contributed by atoms with Gasteiger partial charge in [0.2, 0.25) is 5.91 Å². The number of carbonyl (C=O) groups is 1. The minimum absolute atomic E-state index is 0.0846. The van der Waals surface area contributed by atoms with E-state index in [1.54, 1.807) is 0 Å². The zero-order valence-electron chi connectivity index (χ0n) is 10.2. The summed E-state index contributed by atoms with van der Waals surface area (Å²) in [5.41, 5.74) is 4.28. The van der Waals surface area contributed by atoms with Crippen molar-refractivity contribution in [3.05, 3.63) is 50.9 Å². The normalized spacial score (nSPS) is 12.2. The first-order valence-corrected chi connectivity index (χ1v) is 5.65. The lowest BCUT2D eigenvalue weighted by atomic mass is 10.1. The number of aromatic nitrogens is 1. The summed E-state index contributed by atoms with van der Waals surface area (Å²) in [5.74, 6) is -0.862. The Morgan fingerprint density at radius 2 is 2.10 bits per heavy atom. The number of carbonyl (C=O) groups excluding carboxylic acids is 1. The van der Waals surface area contributed by atoms with Crippen LogP contribution in [0.25, 0.3) is 10.8 Å². The molecule has 3 N–H and O–H groups in total. The molecule has 20 heavy (non-hydrogen) atoms. The number of amides is 1. The number of pyridine rings is 1. The number of fused-ring (bicyclic) bond motifs is 1. The predicted molar refractivity (Wildman–Crippen MR) is 70.2 cm³/mol. The SMILES string of the molecule is NC(=O)[C@H](CO)n1ccc2c([N+](=O)[O-])cccc2c1=O. The van der Waals surface area contributed by atoms with Crippen LogP contribution < -0.4 is 11.3 Å². The van der Waals surface area contributed by atoms with Crippen LogP contribution in [0.15, 0.2) is 35.3 Å². The second-order valence-electron chi connectivity index (χ2n) is 4.12. The van der Waals surface area contributed by atoms with Gasteiger partial charge in [0.15, 0.2) is 0 Å². The van der Waals surface area contributed by atoms with Crippen LogP contribution in [0.2, 0.25) is 0 Å². The number of hydrogen-bond donors (Lipinski definition) is 2. The lowest BCUT2D eigenvalue weighted by Crippen LogP contribution is -2.35. The van der Waals surface area contributed by atoms with Crippen molar-refractivity contribution < 1.29 is 14.8 Å². The molecule has 0 aliphatic rings. The van der Waals surface area contributed by atoms with E-state index < -0.39 is 29.0 Å². The Morgan fingerprint density at radius 1 is 1.40 bits per heavy atom. The zero-order valence-corrected chi connectivity index (χ0v) is 10.2. The highest BCUT2D eigenvalue weighted by Gasteiger charge is 2.20. The number of non-ortho nitro benzene ring substituents is 1. The van der Waals surface area contributed by atoms with Crippen LogP contribution in [-0.2, 0) is 4.79 Å². The average molecular weight is 277 g/mol. The Bertz CT molecular complexity index is 752. The minimum atomic E-state index is -1.20. The van der Waals surface area contributed by atoms with Crippen LogP contribution in [-0.4, -0.2) is 27.1 Å². The van der Waals surface area contributed by atoms with Gasteiger partial charge in [0.05, 0.1) is 22.3 Å². The third-order valence-corrected chi connectivity index (χ3v) is 2.98. The number of primary amides is 1. The van der Waals surface area contributed by atoms with Gasteiger partial charge in [0.1, 0.15) is 6.04 Å². The Kier molecular flexibility index (Phi) is 3.49. The van der Waals surface area contributed by atoms with E-state index in [1.807, 2.05) is 0 Å². The fraction of sp³-hybridized carbons (Fsp3) is 0.167. The number of aliphatic hydroxyl groups excluding tert-OH is 1. The molecule has 1 aromatic carbocycles. The van der Waals surface area contributed by atoms with Crippen LogP contribution >= 0.6 is 0 Å². The van der Waals surface area contributed by atoms with Gasteiger partial charge in [0.25, 0.3) is 11.2 Å².